The molecule has 0 aliphatic carbocycles. The molecule has 1 aliphatic heterocycles. The van der Waals surface area contributed by atoms with Crippen LogP contribution in [0.4, 0.5) is 14.5 Å². The monoisotopic (exact) mass is 360 g/mol. The average molecular weight is 360 g/mol. The number of carbonyl (C=O) groups excluding carboxylic acids is 2. The number of nitrogens with zero attached hydrogens (tertiary/aromatic N) is 1. The van der Waals surface area contributed by atoms with E-state index in [1.807, 2.05) is 0 Å². The molecule has 5 nitrogen and oxygen atoms in total. The molecule has 26 heavy (non-hydrogen) atoms. The Balaban J connectivity index is 1.44. The van der Waals surface area contributed by atoms with Crippen LogP contribution in [-0.2, 0) is 9.59 Å². The van der Waals surface area contributed by atoms with Crippen LogP contribution in [0.2, 0.25) is 0 Å². The molecule has 1 heterocycles. The highest BCUT2D eigenvalue weighted by molar-refractivity contribution is 5.95. The van der Waals surface area contributed by atoms with Crippen molar-refractivity contribution in [1.82, 2.24) is 5.32 Å². The number of amides is 2. The topological polar surface area (TPSA) is 58.6 Å². The maximum absolute atomic E-state index is 13.0. The van der Waals surface area contributed by atoms with Crippen molar-refractivity contribution < 1.29 is 23.1 Å². The van der Waals surface area contributed by atoms with Gasteiger partial charge in [0.2, 0.25) is 5.91 Å². The van der Waals surface area contributed by atoms with Gasteiger partial charge in [-0.2, -0.15) is 0 Å². The molecule has 2 aromatic carbocycles. The largest absolute Gasteiger partial charge is 0.484 e. The van der Waals surface area contributed by atoms with Gasteiger partial charge in [0.1, 0.15) is 17.4 Å². The van der Waals surface area contributed by atoms with Gasteiger partial charge in [0.25, 0.3) is 5.91 Å². The Morgan fingerprint density at radius 3 is 2.35 bits per heavy atom. The summed E-state index contributed by atoms with van der Waals surface area (Å²) in [7, 11) is 0. The zero-order valence-corrected chi connectivity index (χ0v) is 14.0. The van der Waals surface area contributed by atoms with Crippen molar-refractivity contribution in [3.63, 3.8) is 0 Å². The minimum atomic E-state index is -0.376. The lowest BCUT2D eigenvalue weighted by molar-refractivity contribution is -0.123. The van der Waals surface area contributed by atoms with Crippen LogP contribution in [-0.4, -0.2) is 31.5 Å². The highest BCUT2D eigenvalue weighted by Gasteiger charge is 2.30. The molecular formula is C19H18F2N2O3. The zero-order chi connectivity index (χ0) is 18.5. The molecular weight excluding hydrogens is 342 g/mol. The lowest BCUT2D eigenvalue weighted by atomic mass is 10.1. The molecule has 0 spiro atoms. The van der Waals surface area contributed by atoms with Gasteiger partial charge in [-0.05, 0) is 48.5 Å². The van der Waals surface area contributed by atoms with Crippen LogP contribution >= 0.6 is 0 Å². The molecule has 3 rings (SSSR count). The molecule has 1 N–H and O–H groups in total. The summed E-state index contributed by atoms with van der Waals surface area (Å²) in [6.45, 7) is 0.618. The van der Waals surface area contributed by atoms with Gasteiger partial charge in [0, 0.05) is 31.1 Å². The number of nitrogens with one attached hydrogen (secondary N) is 1. The van der Waals surface area contributed by atoms with E-state index in [1.165, 1.54) is 36.4 Å². The van der Waals surface area contributed by atoms with Crippen LogP contribution in [0.3, 0.4) is 0 Å². The lowest BCUT2D eigenvalue weighted by Crippen LogP contribution is -2.34. The fourth-order valence-electron chi connectivity index (χ4n) is 2.78. The average Bonchev–Trinajstić information content (AvgIpc) is 3.01. The minimum absolute atomic E-state index is 0.0256. The summed E-state index contributed by atoms with van der Waals surface area (Å²) in [5.41, 5.74) is 0.643. The third-order valence-electron chi connectivity index (χ3n) is 4.11. The fraction of sp³-hybridized carbons (Fsp3) is 0.263. The van der Waals surface area contributed by atoms with E-state index < -0.39 is 0 Å². The second-order valence-electron chi connectivity index (χ2n) is 6.10. The van der Waals surface area contributed by atoms with E-state index in [1.54, 1.807) is 17.0 Å². The quantitative estimate of drug-likeness (QED) is 0.861. The number of hydrogen-bond acceptors (Lipinski definition) is 3. The summed E-state index contributed by atoms with van der Waals surface area (Å²) in [5, 5.41) is 2.73. The Morgan fingerprint density at radius 1 is 1.08 bits per heavy atom. The number of benzene rings is 2. The van der Waals surface area contributed by atoms with Gasteiger partial charge in [0.05, 0.1) is 0 Å². The molecule has 136 valence electrons. The van der Waals surface area contributed by atoms with Gasteiger partial charge in [-0.15, -0.1) is 0 Å². The standard InChI is InChI=1S/C19H18F2N2O3/c20-14-1-5-16(6-2-14)23-11-13(9-19(23)25)10-22-18(24)12-26-17-7-3-15(21)4-8-17/h1-8,13H,9-12H2,(H,22,24). The van der Waals surface area contributed by atoms with Crippen LogP contribution in [0.15, 0.2) is 48.5 Å². The van der Waals surface area contributed by atoms with Crippen molar-refractivity contribution in [3.8, 4) is 5.75 Å². The van der Waals surface area contributed by atoms with Crippen molar-refractivity contribution >= 4 is 17.5 Å². The van der Waals surface area contributed by atoms with Crippen LogP contribution < -0.4 is 15.0 Å². The Morgan fingerprint density at radius 2 is 1.69 bits per heavy atom. The van der Waals surface area contributed by atoms with E-state index >= 15 is 0 Å². The Bertz CT molecular complexity index is 778. The van der Waals surface area contributed by atoms with E-state index in [0.29, 0.717) is 30.9 Å². The molecule has 2 amide bonds. The molecule has 1 unspecified atom stereocenters. The van der Waals surface area contributed by atoms with Crippen molar-refractivity contribution in [3.05, 3.63) is 60.2 Å². The van der Waals surface area contributed by atoms with Crippen molar-refractivity contribution in [2.75, 3.05) is 24.6 Å². The number of ether oxygens (including phenoxy) is 1. The molecule has 7 heteroatoms. The van der Waals surface area contributed by atoms with Crippen LogP contribution in [0, 0.1) is 17.6 Å². The number of anilines is 1. The predicted molar refractivity (Wildman–Crippen MR) is 91.8 cm³/mol. The van der Waals surface area contributed by atoms with E-state index in [2.05, 4.69) is 5.32 Å². The maximum atomic E-state index is 13.0. The first-order valence-electron chi connectivity index (χ1n) is 8.22. The summed E-state index contributed by atoms with van der Waals surface area (Å²) in [6, 6.07) is 11.1. The first-order chi connectivity index (χ1) is 12.5. The smallest absolute Gasteiger partial charge is 0.257 e. The molecule has 1 atom stereocenters. The van der Waals surface area contributed by atoms with Crippen molar-refractivity contribution in [1.29, 1.82) is 0 Å². The number of carbonyl (C=O) groups is 2. The van der Waals surface area contributed by atoms with Gasteiger partial charge in [0.15, 0.2) is 6.61 Å². The Hall–Kier alpha value is -2.96. The molecule has 0 aromatic heterocycles. The van der Waals surface area contributed by atoms with E-state index in [-0.39, 0.29) is 36.0 Å². The van der Waals surface area contributed by atoms with Gasteiger partial charge in [-0.1, -0.05) is 0 Å². The van der Waals surface area contributed by atoms with E-state index in [4.69, 9.17) is 4.74 Å². The number of halogens is 2. The molecule has 1 fully saturated rings. The Labute approximate surface area is 149 Å². The van der Waals surface area contributed by atoms with Crippen molar-refractivity contribution in [2.45, 2.75) is 6.42 Å². The van der Waals surface area contributed by atoms with Crippen molar-refractivity contribution in [2.24, 2.45) is 5.92 Å². The third kappa shape index (κ3) is 4.56. The van der Waals surface area contributed by atoms with Gasteiger partial charge in [-0.3, -0.25) is 9.59 Å². The minimum Gasteiger partial charge on any atom is -0.484 e. The van der Waals surface area contributed by atoms with Crippen LogP contribution in [0.1, 0.15) is 6.42 Å². The molecule has 0 radical (unpaired) electrons. The molecule has 0 saturated carbocycles. The highest BCUT2D eigenvalue weighted by Crippen LogP contribution is 2.24. The van der Waals surface area contributed by atoms with Crippen LogP contribution in [0.5, 0.6) is 5.75 Å². The molecule has 2 aromatic rings. The summed E-state index contributed by atoms with van der Waals surface area (Å²) >= 11 is 0. The first kappa shape index (κ1) is 17.8. The summed E-state index contributed by atoms with van der Waals surface area (Å²) in [6.07, 6.45) is 0.316. The maximum Gasteiger partial charge on any atom is 0.257 e. The lowest BCUT2D eigenvalue weighted by Gasteiger charge is -2.17. The number of hydrogen-bond donors (Lipinski definition) is 1. The van der Waals surface area contributed by atoms with Gasteiger partial charge >= 0.3 is 0 Å². The molecule has 1 aliphatic rings. The second kappa shape index (κ2) is 7.95. The fourth-order valence-corrected chi connectivity index (χ4v) is 2.78. The van der Waals surface area contributed by atoms with Gasteiger partial charge in [-0.25, -0.2) is 8.78 Å². The SMILES string of the molecule is O=C(COc1ccc(F)cc1)NCC1CC(=O)N(c2ccc(F)cc2)C1. The molecule has 1 saturated heterocycles. The second-order valence-corrected chi connectivity index (χ2v) is 6.10. The van der Waals surface area contributed by atoms with Gasteiger partial charge < -0.3 is 15.0 Å². The molecule has 0 bridgehead atoms. The van der Waals surface area contributed by atoms with E-state index in [0.717, 1.165) is 0 Å². The van der Waals surface area contributed by atoms with Crippen LogP contribution in [0.25, 0.3) is 0 Å². The number of rotatable bonds is 6. The predicted octanol–water partition coefficient (Wildman–Crippen LogP) is 2.51. The highest BCUT2D eigenvalue weighted by atomic mass is 19.1. The third-order valence-corrected chi connectivity index (χ3v) is 4.11. The Kier molecular flexibility index (Phi) is 5.46. The summed E-state index contributed by atoms with van der Waals surface area (Å²) < 4.78 is 31.1. The first-order valence-corrected chi connectivity index (χ1v) is 8.22. The summed E-state index contributed by atoms with van der Waals surface area (Å²) in [4.78, 5) is 25.6. The summed E-state index contributed by atoms with van der Waals surface area (Å²) in [5.74, 6) is -0.730. The zero-order valence-electron chi connectivity index (χ0n) is 14.0. The normalized spacial score (nSPS) is 16.6. The van der Waals surface area contributed by atoms with E-state index in [9.17, 15) is 18.4 Å².